The first-order chi connectivity index (χ1) is 14.5. The Hall–Kier alpha value is -1.93. The number of sulfonamides is 1. The molecular formula is C23H36N2O5S. The molecule has 0 saturated carbocycles. The molecule has 0 bridgehead atoms. The topological polar surface area (TPSA) is 92.8 Å². The number of hydrogen-bond acceptors (Lipinski definition) is 5. The minimum atomic E-state index is -3.60. The Morgan fingerprint density at radius 2 is 1.65 bits per heavy atom. The van der Waals surface area contributed by atoms with E-state index in [0.717, 1.165) is 18.4 Å². The number of rotatable bonds is 8. The molecule has 1 aliphatic rings. The third-order valence-corrected chi connectivity index (χ3v) is 7.75. The summed E-state index contributed by atoms with van der Waals surface area (Å²) >= 11 is 0. The van der Waals surface area contributed by atoms with Crippen molar-refractivity contribution in [1.82, 2.24) is 9.62 Å². The van der Waals surface area contributed by atoms with Gasteiger partial charge in [0.25, 0.3) is 5.91 Å². The molecule has 0 radical (unpaired) electrons. The molecule has 0 spiro atoms. The molecular weight excluding hydrogens is 416 g/mol. The molecule has 174 valence electrons. The molecule has 7 nitrogen and oxygen atoms in total. The lowest BCUT2D eigenvalue weighted by Crippen LogP contribution is -2.41. The first kappa shape index (κ1) is 25.3. The van der Waals surface area contributed by atoms with Gasteiger partial charge >= 0.3 is 5.97 Å². The number of nitrogens with one attached hydrogen (secondary N) is 1. The summed E-state index contributed by atoms with van der Waals surface area (Å²) in [5.41, 5.74) is 1.02. The molecule has 31 heavy (non-hydrogen) atoms. The predicted molar refractivity (Wildman–Crippen MR) is 120 cm³/mol. The monoisotopic (exact) mass is 452 g/mol. The van der Waals surface area contributed by atoms with E-state index in [2.05, 4.69) is 26.1 Å². The Bertz CT molecular complexity index is 847. The van der Waals surface area contributed by atoms with Crippen LogP contribution in [0.25, 0.3) is 0 Å². The van der Waals surface area contributed by atoms with Crippen molar-refractivity contribution in [2.45, 2.75) is 76.7 Å². The summed E-state index contributed by atoms with van der Waals surface area (Å²) in [6, 6.07) is 7.08. The van der Waals surface area contributed by atoms with E-state index < -0.39 is 21.9 Å². The first-order valence-electron chi connectivity index (χ1n) is 11.1. The second-order valence-corrected chi connectivity index (χ2v) is 11.1. The minimum Gasteiger partial charge on any atom is -0.455 e. The highest BCUT2D eigenvalue weighted by molar-refractivity contribution is 7.89. The molecule has 1 aromatic carbocycles. The summed E-state index contributed by atoms with van der Waals surface area (Å²) in [5.74, 6) is -1.14. The van der Waals surface area contributed by atoms with Gasteiger partial charge in [-0.1, -0.05) is 46.8 Å². The van der Waals surface area contributed by atoms with Crippen LogP contribution in [0.2, 0.25) is 0 Å². The molecule has 0 atom stereocenters. The molecule has 1 aliphatic heterocycles. The number of benzene rings is 1. The van der Waals surface area contributed by atoms with Crippen molar-refractivity contribution in [3.63, 3.8) is 0 Å². The van der Waals surface area contributed by atoms with Crippen molar-refractivity contribution in [3.8, 4) is 0 Å². The zero-order chi connectivity index (χ0) is 23.2. The van der Waals surface area contributed by atoms with Gasteiger partial charge in [0.2, 0.25) is 10.0 Å². The summed E-state index contributed by atoms with van der Waals surface area (Å²) in [5, 5.41) is 2.83. The van der Waals surface area contributed by atoms with E-state index in [0.29, 0.717) is 12.8 Å². The summed E-state index contributed by atoms with van der Waals surface area (Å²) in [7, 11) is -3.60. The lowest BCUT2D eigenvalue weighted by molar-refractivity contribution is -0.153. The van der Waals surface area contributed by atoms with E-state index in [1.165, 1.54) is 4.31 Å². The van der Waals surface area contributed by atoms with Crippen LogP contribution in [0.15, 0.2) is 29.2 Å². The van der Waals surface area contributed by atoms with E-state index in [1.807, 2.05) is 26.0 Å². The molecule has 1 amide bonds. The van der Waals surface area contributed by atoms with E-state index in [-0.39, 0.29) is 42.0 Å². The Kier molecular flexibility index (Phi) is 8.65. The Balaban J connectivity index is 1.88. The summed E-state index contributed by atoms with van der Waals surface area (Å²) < 4.78 is 32.5. The maximum atomic E-state index is 13.0. The number of carbonyl (C=O) groups is 2. The van der Waals surface area contributed by atoms with Crippen molar-refractivity contribution in [2.24, 2.45) is 5.92 Å². The van der Waals surface area contributed by atoms with Crippen LogP contribution >= 0.6 is 0 Å². The van der Waals surface area contributed by atoms with E-state index >= 15 is 0 Å². The fourth-order valence-corrected chi connectivity index (χ4v) is 5.09. The molecule has 2 rings (SSSR count). The smallest absolute Gasteiger partial charge is 0.309 e. The van der Waals surface area contributed by atoms with Crippen LogP contribution < -0.4 is 5.32 Å². The lowest BCUT2D eigenvalue weighted by Gasteiger charge is -2.30. The standard InChI is InChI=1S/C23H36N2O5S/c1-6-19(7-2)24-21(26)16-30-22(27)17-12-14-25(15-13-17)31(28,29)20-10-8-18(9-11-20)23(3,4)5/h8-11,17,19H,6-7,12-16H2,1-5H3,(H,24,26). The van der Waals surface area contributed by atoms with Gasteiger partial charge in [-0.15, -0.1) is 0 Å². The second kappa shape index (κ2) is 10.6. The number of hydrogen-bond donors (Lipinski definition) is 1. The van der Waals surface area contributed by atoms with Gasteiger partial charge in [-0.05, 0) is 48.8 Å². The number of esters is 1. The molecule has 1 heterocycles. The third-order valence-electron chi connectivity index (χ3n) is 5.84. The van der Waals surface area contributed by atoms with Gasteiger partial charge in [0.05, 0.1) is 10.8 Å². The minimum absolute atomic E-state index is 0.0497. The Morgan fingerprint density at radius 3 is 2.13 bits per heavy atom. The second-order valence-electron chi connectivity index (χ2n) is 9.14. The maximum Gasteiger partial charge on any atom is 0.309 e. The number of carbonyl (C=O) groups excluding carboxylic acids is 2. The number of nitrogens with zero attached hydrogens (tertiary/aromatic N) is 1. The van der Waals surface area contributed by atoms with Crippen LogP contribution in [-0.4, -0.2) is 50.3 Å². The van der Waals surface area contributed by atoms with Crippen LogP contribution in [0.3, 0.4) is 0 Å². The quantitative estimate of drug-likeness (QED) is 0.611. The number of amides is 1. The van der Waals surface area contributed by atoms with Crippen LogP contribution in [-0.2, 0) is 29.8 Å². The Labute approximate surface area is 186 Å². The number of ether oxygens (including phenoxy) is 1. The summed E-state index contributed by atoms with van der Waals surface area (Å²) in [6.07, 6.45) is 2.41. The average Bonchev–Trinajstić information content (AvgIpc) is 2.75. The molecule has 0 aromatic heterocycles. The normalized spacial score (nSPS) is 16.3. The molecule has 1 aromatic rings. The van der Waals surface area contributed by atoms with Crippen LogP contribution in [0.1, 0.15) is 65.9 Å². The van der Waals surface area contributed by atoms with Gasteiger partial charge in [0.1, 0.15) is 0 Å². The molecule has 0 aliphatic carbocycles. The fraction of sp³-hybridized carbons (Fsp3) is 0.652. The van der Waals surface area contributed by atoms with Gasteiger partial charge in [-0.3, -0.25) is 9.59 Å². The largest absolute Gasteiger partial charge is 0.455 e. The van der Waals surface area contributed by atoms with Crippen LogP contribution in [0.5, 0.6) is 0 Å². The maximum absolute atomic E-state index is 13.0. The van der Waals surface area contributed by atoms with Crippen molar-refractivity contribution in [3.05, 3.63) is 29.8 Å². The molecule has 1 saturated heterocycles. The van der Waals surface area contributed by atoms with Gasteiger partial charge in [-0.2, -0.15) is 4.31 Å². The van der Waals surface area contributed by atoms with Crippen LogP contribution in [0, 0.1) is 5.92 Å². The third kappa shape index (κ3) is 6.77. The van der Waals surface area contributed by atoms with Crippen molar-refractivity contribution in [2.75, 3.05) is 19.7 Å². The molecule has 0 unspecified atom stereocenters. The molecule has 8 heteroatoms. The van der Waals surface area contributed by atoms with E-state index in [4.69, 9.17) is 4.74 Å². The Morgan fingerprint density at radius 1 is 1.10 bits per heavy atom. The zero-order valence-corrected chi connectivity index (χ0v) is 20.1. The van der Waals surface area contributed by atoms with Crippen LogP contribution in [0.4, 0.5) is 0 Å². The van der Waals surface area contributed by atoms with Crippen molar-refractivity contribution >= 4 is 21.9 Å². The lowest BCUT2D eigenvalue weighted by atomic mass is 9.87. The highest BCUT2D eigenvalue weighted by atomic mass is 32.2. The average molecular weight is 453 g/mol. The highest BCUT2D eigenvalue weighted by Gasteiger charge is 2.33. The molecule has 1 N–H and O–H groups in total. The fourth-order valence-electron chi connectivity index (χ4n) is 3.62. The van der Waals surface area contributed by atoms with Gasteiger partial charge in [-0.25, -0.2) is 8.42 Å². The van der Waals surface area contributed by atoms with Gasteiger partial charge in [0, 0.05) is 19.1 Å². The highest BCUT2D eigenvalue weighted by Crippen LogP contribution is 2.27. The SMILES string of the molecule is CCC(CC)NC(=O)COC(=O)C1CCN(S(=O)(=O)c2ccc(C(C)(C)C)cc2)CC1. The molecule has 1 fully saturated rings. The van der Waals surface area contributed by atoms with Crippen molar-refractivity contribution in [1.29, 1.82) is 0 Å². The first-order valence-corrected chi connectivity index (χ1v) is 12.5. The number of piperidine rings is 1. The van der Waals surface area contributed by atoms with E-state index in [1.54, 1.807) is 12.1 Å². The van der Waals surface area contributed by atoms with Crippen molar-refractivity contribution < 1.29 is 22.7 Å². The summed E-state index contributed by atoms with van der Waals surface area (Å²) in [6.45, 7) is 10.4. The van der Waals surface area contributed by atoms with Gasteiger partial charge < -0.3 is 10.1 Å². The zero-order valence-electron chi connectivity index (χ0n) is 19.3. The van der Waals surface area contributed by atoms with Gasteiger partial charge in [0.15, 0.2) is 6.61 Å². The van der Waals surface area contributed by atoms with E-state index in [9.17, 15) is 18.0 Å². The predicted octanol–water partition coefficient (Wildman–Crippen LogP) is 3.23. The summed E-state index contributed by atoms with van der Waals surface area (Å²) in [4.78, 5) is 24.5.